The van der Waals surface area contributed by atoms with E-state index < -0.39 is 21.9 Å². The number of sulfonamides is 1. The van der Waals surface area contributed by atoms with Crippen LogP contribution in [-0.4, -0.2) is 67.3 Å². The molecule has 0 radical (unpaired) electrons. The van der Waals surface area contributed by atoms with Gasteiger partial charge < -0.3 is 15.3 Å². The molecule has 0 aromatic heterocycles. The number of piperazine rings is 1. The summed E-state index contributed by atoms with van der Waals surface area (Å²) in [7, 11) is -3.56. The molecule has 1 saturated heterocycles. The number of unbranched alkanes of at least 4 members (excludes halogenated alkanes) is 2. The fourth-order valence-corrected chi connectivity index (χ4v) is 4.45. The molecular formula is C20H26N4O5S. The van der Waals surface area contributed by atoms with E-state index in [2.05, 4.69) is 5.32 Å². The SMILES string of the molecule is N#C/C(=C/N1CCN(S(=O)(=O)c2ccccc2)CC1)C(=O)NCCCCCC(=O)O. The van der Waals surface area contributed by atoms with Gasteiger partial charge in [0.15, 0.2) is 0 Å². The molecule has 30 heavy (non-hydrogen) atoms. The largest absolute Gasteiger partial charge is 0.481 e. The zero-order chi connectivity index (χ0) is 22.0. The number of hydrogen-bond acceptors (Lipinski definition) is 6. The van der Waals surface area contributed by atoms with Crippen molar-refractivity contribution in [1.82, 2.24) is 14.5 Å². The molecule has 0 unspecified atom stereocenters. The van der Waals surface area contributed by atoms with E-state index in [1.54, 1.807) is 35.2 Å². The Kier molecular flexibility index (Phi) is 8.83. The average molecular weight is 435 g/mol. The number of hydrogen-bond donors (Lipinski definition) is 2. The molecule has 1 aromatic rings. The van der Waals surface area contributed by atoms with Crippen LogP contribution in [0.4, 0.5) is 0 Å². The molecule has 1 fully saturated rings. The summed E-state index contributed by atoms with van der Waals surface area (Å²) >= 11 is 0. The molecule has 0 atom stereocenters. The second-order valence-electron chi connectivity index (χ2n) is 6.87. The minimum absolute atomic E-state index is 0.0418. The van der Waals surface area contributed by atoms with Crippen LogP contribution in [0.1, 0.15) is 25.7 Å². The van der Waals surface area contributed by atoms with E-state index in [0.717, 1.165) is 0 Å². The number of amides is 1. The van der Waals surface area contributed by atoms with Crippen molar-refractivity contribution < 1.29 is 23.1 Å². The lowest BCUT2D eigenvalue weighted by atomic mass is 10.2. The van der Waals surface area contributed by atoms with Gasteiger partial charge in [0.2, 0.25) is 10.0 Å². The van der Waals surface area contributed by atoms with E-state index in [-0.39, 0.29) is 30.0 Å². The highest BCUT2D eigenvalue weighted by Gasteiger charge is 2.27. The Hall–Kier alpha value is -2.90. The maximum Gasteiger partial charge on any atom is 0.303 e. The monoisotopic (exact) mass is 434 g/mol. The maximum absolute atomic E-state index is 12.7. The van der Waals surface area contributed by atoms with Gasteiger partial charge in [-0.25, -0.2) is 8.42 Å². The van der Waals surface area contributed by atoms with Gasteiger partial charge in [0, 0.05) is 45.3 Å². The third-order valence-electron chi connectivity index (χ3n) is 4.68. The van der Waals surface area contributed by atoms with Crippen molar-refractivity contribution in [3.8, 4) is 6.07 Å². The highest BCUT2D eigenvalue weighted by atomic mass is 32.2. The van der Waals surface area contributed by atoms with Crippen LogP contribution >= 0.6 is 0 Å². The van der Waals surface area contributed by atoms with E-state index in [9.17, 15) is 23.3 Å². The second-order valence-corrected chi connectivity index (χ2v) is 8.81. The van der Waals surface area contributed by atoms with Crippen LogP contribution in [0.2, 0.25) is 0 Å². The number of nitrogens with one attached hydrogen (secondary N) is 1. The third-order valence-corrected chi connectivity index (χ3v) is 6.60. The van der Waals surface area contributed by atoms with Crippen molar-refractivity contribution in [2.45, 2.75) is 30.6 Å². The predicted molar refractivity (Wildman–Crippen MR) is 110 cm³/mol. The summed E-state index contributed by atoms with van der Waals surface area (Å²) in [5, 5.41) is 20.5. The lowest BCUT2D eigenvalue weighted by molar-refractivity contribution is -0.137. The topological polar surface area (TPSA) is 131 Å². The van der Waals surface area contributed by atoms with Crippen LogP contribution in [0.15, 0.2) is 47.0 Å². The van der Waals surface area contributed by atoms with E-state index in [1.165, 1.54) is 10.5 Å². The van der Waals surface area contributed by atoms with Crippen LogP contribution in [0.25, 0.3) is 0 Å². The van der Waals surface area contributed by atoms with E-state index in [1.807, 2.05) is 6.07 Å². The molecule has 0 bridgehead atoms. The molecule has 1 aliphatic heterocycles. The molecular weight excluding hydrogens is 408 g/mol. The van der Waals surface area contributed by atoms with Crippen molar-refractivity contribution in [2.75, 3.05) is 32.7 Å². The van der Waals surface area contributed by atoms with Gasteiger partial charge >= 0.3 is 5.97 Å². The number of carbonyl (C=O) groups is 2. The zero-order valence-electron chi connectivity index (χ0n) is 16.7. The molecule has 0 saturated carbocycles. The Morgan fingerprint density at radius 3 is 2.37 bits per heavy atom. The molecule has 0 aliphatic carbocycles. The fraction of sp³-hybridized carbons (Fsp3) is 0.450. The number of aliphatic carboxylic acids is 1. The van der Waals surface area contributed by atoms with Crippen LogP contribution in [0.3, 0.4) is 0 Å². The third kappa shape index (κ3) is 6.86. The number of carboxylic acids is 1. The van der Waals surface area contributed by atoms with Crippen molar-refractivity contribution >= 4 is 21.9 Å². The number of carboxylic acid groups (broad SMARTS) is 1. The molecule has 9 nitrogen and oxygen atoms in total. The first-order valence-corrected chi connectivity index (χ1v) is 11.2. The molecule has 1 amide bonds. The Morgan fingerprint density at radius 1 is 1.10 bits per heavy atom. The number of carbonyl (C=O) groups excluding carboxylic acids is 1. The molecule has 162 valence electrons. The minimum atomic E-state index is -3.56. The van der Waals surface area contributed by atoms with Gasteiger partial charge in [-0.05, 0) is 25.0 Å². The summed E-state index contributed by atoms with van der Waals surface area (Å²) in [4.78, 5) is 24.6. The van der Waals surface area contributed by atoms with E-state index in [4.69, 9.17) is 5.11 Å². The second kappa shape index (κ2) is 11.3. The fourth-order valence-electron chi connectivity index (χ4n) is 3.01. The predicted octanol–water partition coefficient (Wildman–Crippen LogP) is 1.16. The normalized spacial score (nSPS) is 15.4. The Bertz CT molecular complexity index is 901. The van der Waals surface area contributed by atoms with Gasteiger partial charge in [-0.3, -0.25) is 9.59 Å². The molecule has 2 N–H and O–H groups in total. The molecule has 2 rings (SSSR count). The summed E-state index contributed by atoms with van der Waals surface area (Å²) < 4.78 is 26.7. The Balaban J connectivity index is 1.83. The van der Waals surface area contributed by atoms with Crippen molar-refractivity contribution in [3.63, 3.8) is 0 Å². The first-order chi connectivity index (χ1) is 14.3. The highest BCUT2D eigenvalue weighted by Crippen LogP contribution is 2.17. The highest BCUT2D eigenvalue weighted by molar-refractivity contribution is 7.89. The molecule has 1 aromatic carbocycles. The van der Waals surface area contributed by atoms with Crippen LogP contribution in [0, 0.1) is 11.3 Å². The van der Waals surface area contributed by atoms with Gasteiger partial charge in [0.25, 0.3) is 5.91 Å². The lowest BCUT2D eigenvalue weighted by Crippen LogP contribution is -2.47. The first kappa shape index (κ1) is 23.4. The maximum atomic E-state index is 12.7. The molecule has 10 heteroatoms. The summed E-state index contributed by atoms with van der Waals surface area (Å²) in [6, 6.07) is 10.1. The summed E-state index contributed by atoms with van der Waals surface area (Å²) in [6.07, 6.45) is 3.42. The van der Waals surface area contributed by atoms with Crippen molar-refractivity contribution in [2.24, 2.45) is 0 Å². The number of benzene rings is 1. The quantitative estimate of drug-likeness (QED) is 0.321. The number of nitriles is 1. The lowest BCUT2D eigenvalue weighted by Gasteiger charge is -2.33. The molecule has 0 spiro atoms. The zero-order valence-corrected chi connectivity index (χ0v) is 17.5. The smallest absolute Gasteiger partial charge is 0.303 e. The van der Waals surface area contributed by atoms with Gasteiger partial charge in [0.05, 0.1) is 4.90 Å². The summed E-state index contributed by atoms with van der Waals surface area (Å²) in [5.41, 5.74) is -0.0418. The van der Waals surface area contributed by atoms with Crippen LogP contribution < -0.4 is 5.32 Å². The van der Waals surface area contributed by atoms with Crippen molar-refractivity contribution in [1.29, 1.82) is 5.26 Å². The number of nitrogens with zero attached hydrogens (tertiary/aromatic N) is 3. The standard InChI is InChI=1S/C20H26N4O5S/c21-15-17(20(27)22-10-6-2-5-9-19(25)26)16-23-11-13-24(14-12-23)30(28,29)18-7-3-1-4-8-18/h1,3-4,7-8,16H,2,5-6,9-14H2,(H,22,27)(H,25,26)/b17-16-. The van der Waals surface area contributed by atoms with E-state index >= 15 is 0 Å². The average Bonchev–Trinajstić information content (AvgIpc) is 2.75. The Morgan fingerprint density at radius 2 is 1.77 bits per heavy atom. The molecule has 1 aliphatic rings. The molecule has 1 heterocycles. The summed E-state index contributed by atoms with van der Waals surface area (Å²) in [6.45, 7) is 1.63. The van der Waals surface area contributed by atoms with Gasteiger partial charge in [-0.1, -0.05) is 24.6 Å². The summed E-state index contributed by atoms with van der Waals surface area (Å²) in [5.74, 6) is -1.33. The van der Waals surface area contributed by atoms with Gasteiger partial charge in [0.1, 0.15) is 11.6 Å². The first-order valence-electron chi connectivity index (χ1n) is 9.76. The number of rotatable bonds is 10. The van der Waals surface area contributed by atoms with Crippen molar-refractivity contribution in [3.05, 3.63) is 42.1 Å². The van der Waals surface area contributed by atoms with Gasteiger partial charge in [-0.2, -0.15) is 9.57 Å². The van der Waals surface area contributed by atoms with Crippen LogP contribution in [0.5, 0.6) is 0 Å². The Labute approximate surface area is 176 Å². The van der Waals surface area contributed by atoms with E-state index in [0.29, 0.717) is 38.9 Å². The van der Waals surface area contributed by atoms with Gasteiger partial charge in [-0.15, -0.1) is 0 Å². The van der Waals surface area contributed by atoms with Crippen LogP contribution in [-0.2, 0) is 19.6 Å². The minimum Gasteiger partial charge on any atom is -0.481 e.